The van der Waals surface area contributed by atoms with Crippen molar-refractivity contribution in [3.8, 4) is 51.7 Å². The van der Waals surface area contributed by atoms with Crippen molar-refractivity contribution in [1.29, 1.82) is 0 Å². The highest BCUT2D eigenvalue weighted by Gasteiger charge is 2.50. The van der Waals surface area contributed by atoms with Crippen LogP contribution in [0.15, 0.2) is 103 Å². The molecule has 382 valence electrons. The summed E-state index contributed by atoms with van der Waals surface area (Å²) < 4.78 is 24.9. The summed E-state index contributed by atoms with van der Waals surface area (Å²) in [7, 11) is 0. The van der Waals surface area contributed by atoms with Gasteiger partial charge in [-0.25, -0.2) is 0 Å². The molecule has 73 heavy (non-hydrogen) atoms. The van der Waals surface area contributed by atoms with Crippen molar-refractivity contribution in [1.82, 2.24) is 0 Å². The number of hydrogen-bond donors (Lipinski definition) is 15. The highest BCUT2D eigenvalue weighted by atomic mass is 16.6. The molecule has 6 aromatic rings. The molecular weight excluding hydrogens is 953 g/mol. The molecule has 6 aromatic carbocycles. The van der Waals surface area contributed by atoms with Crippen LogP contribution in [0.3, 0.4) is 0 Å². The second-order valence-electron chi connectivity index (χ2n) is 18.7. The van der Waals surface area contributed by atoms with Gasteiger partial charge in [0.2, 0.25) is 0 Å². The van der Waals surface area contributed by atoms with E-state index in [1.807, 2.05) is 0 Å². The third-order valence-electron chi connectivity index (χ3n) is 14.2. The lowest BCUT2D eigenvalue weighted by atomic mass is 9.80. The molecule has 10 rings (SSSR count). The van der Waals surface area contributed by atoms with Crippen LogP contribution in [0.5, 0.6) is 51.7 Å². The van der Waals surface area contributed by atoms with E-state index in [2.05, 4.69) is 0 Å². The van der Waals surface area contributed by atoms with Gasteiger partial charge in [0.15, 0.2) is 0 Å². The zero-order valence-electron chi connectivity index (χ0n) is 38.3. The first kappa shape index (κ1) is 49.4. The molecule has 0 aromatic heterocycles. The van der Waals surface area contributed by atoms with E-state index in [1.165, 1.54) is 54.6 Å². The lowest BCUT2D eigenvalue weighted by molar-refractivity contribution is -0.232. The van der Waals surface area contributed by atoms with Gasteiger partial charge in [0.25, 0.3) is 0 Å². The predicted molar refractivity (Wildman–Crippen MR) is 255 cm³/mol. The first-order valence-electron chi connectivity index (χ1n) is 23.3. The number of fused-ring (bicyclic) bond motifs is 2. The fraction of sp³-hybridized carbons (Fsp3) is 0.296. The summed E-state index contributed by atoms with van der Waals surface area (Å²) >= 11 is 0. The Morgan fingerprint density at radius 3 is 1.42 bits per heavy atom. The van der Waals surface area contributed by atoms with Crippen molar-refractivity contribution < 1.29 is 95.5 Å². The Bertz CT molecular complexity index is 3000. The molecule has 0 spiro atoms. The highest BCUT2D eigenvalue weighted by molar-refractivity contribution is 5.78. The van der Waals surface area contributed by atoms with Gasteiger partial charge < -0.3 is 95.5 Å². The number of rotatable bonds is 10. The summed E-state index contributed by atoms with van der Waals surface area (Å²) in [5.41, 5.74) is 3.12. The number of ether oxygens (including phenoxy) is 4. The highest BCUT2D eigenvalue weighted by Crippen LogP contribution is 2.58. The molecule has 4 heterocycles. The zero-order valence-corrected chi connectivity index (χ0v) is 38.3. The van der Waals surface area contributed by atoms with Gasteiger partial charge >= 0.3 is 0 Å². The molecule has 2 fully saturated rings. The van der Waals surface area contributed by atoms with Crippen LogP contribution in [0.4, 0.5) is 0 Å². The van der Waals surface area contributed by atoms with Crippen molar-refractivity contribution in [3.05, 3.63) is 159 Å². The fourth-order valence-electron chi connectivity index (χ4n) is 10.6. The van der Waals surface area contributed by atoms with Crippen LogP contribution in [0.25, 0.3) is 12.2 Å². The average Bonchev–Trinajstić information content (AvgIpc) is 3.95. The number of aliphatic hydroxyl groups is 8. The van der Waals surface area contributed by atoms with E-state index in [0.717, 1.165) is 6.07 Å². The largest absolute Gasteiger partial charge is 0.508 e. The molecule has 2 saturated heterocycles. The Hall–Kier alpha value is -7.14. The molecule has 0 saturated carbocycles. The summed E-state index contributed by atoms with van der Waals surface area (Å²) in [5, 5.41) is 162. The molecule has 19 nitrogen and oxygen atoms in total. The summed E-state index contributed by atoms with van der Waals surface area (Å²) in [6.07, 6.45) is -14.9. The second kappa shape index (κ2) is 19.4. The second-order valence-corrected chi connectivity index (χ2v) is 18.7. The van der Waals surface area contributed by atoms with Crippen molar-refractivity contribution >= 4 is 12.2 Å². The Morgan fingerprint density at radius 2 is 0.890 bits per heavy atom. The van der Waals surface area contributed by atoms with Crippen LogP contribution in [0.2, 0.25) is 0 Å². The molecule has 4 aliphatic rings. The fourth-order valence-corrected chi connectivity index (χ4v) is 10.6. The van der Waals surface area contributed by atoms with Gasteiger partial charge in [0.1, 0.15) is 125 Å². The summed E-state index contributed by atoms with van der Waals surface area (Å²) in [6.45, 7) is -1.50. The van der Waals surface area contributed by atoms with E-state index in [0.29, 0.717) is 50.3 Å². The molecule has 0 radical (unpaired) electrons. The van der Waals surface area contributed by atoms with Crippen LogP contribution in [-0.4, -0.2) is 139 Å². The van der Waals surface area contributed by atoms with Gasteiger partial charge in [0.05, 0.1) is 36.2 Å². The van der Waals surface area contributed by atoms with Gasteiger partial charge in [-0.2, -0.15) is 0 Å². The smallest absolute Gasteiger partial charge is 0.135 e. The molecule has 0 amide bonds. The van der Waals surface area contributed by atoms with Gasteiger partial charge in [-0.1, -0.05) is 42.5 Å². The maximum atomic E-state index is 12.0. The molecule has 0 bridgehead atoms. The monoisotopic (exact) mass is 1000 g/mol. The molecule has 0 aliphatic carbocycles. The van der Waals surface area contributed by atoms with Crippen molar-refractivity contribution in [3.63, 3.8) is 0 Å². The summed E-state index contributed by atoms with van der Waals surface area (Å²) in [4.78, 5) is 0. The third kappa shape index (κ3) is 8.78. The quantitative estimate of drug-likeness (QED) is 0.0875. The molecule has 19 heteroatoms. The normalized spacial score (nSPS) is 29.6. The zero-order chi connectivity index (χ0) is 51.7. The Balaban J connectivity index is 1.10. The Morgan fingerprint density at radius 1 is 0.397 bits per heavy atom. The van der Waals surface area contributed by atoms with E-state index >= 15 is 0 Å². The minimum absolute atomic E-state index is 0.0101. The van der Waals surface area contributed by atoms with Crippen LogP contribution in [0.1, 0.15) is 91.9 Å². The van der Waals surface area contributed by atoms with Gasteiger partial charge in [-0.05, 0) is 100 Å². The number of aromatic hydroxyl groups is 7. The summed E-state index contributed by atoms with van der Waals surface area (Å²) in [6, 6.07) is 25.6. The SMILES string of the molecule is OC[C@H]1O[C@@H](c2c(O)cc([C@H]3c4cc(C=Cc5cc(O)c([C@@H]6O[C@H](CO)[C@@H](O)[C@H](O)[C@H]6O)c6c5[C@@H](c5cc(O)cc(O)c5)[C@H](c5ccc(O)cc5)O6)ccc4O[C@@H]3c3ccc(O)cc3)cc2O)[C@H](O)[C@@H](O)[C@@H]1O. The topological polar surface area (TPSA) is 340 Å². The number of aliphatic hydroxyl groups excluding tert-OH is 8. The molecule has 4 aliphatic heterocycles. The third-order valence-corrected chi connectivity index (χ3v) is 14.2. The first-order chi connectivity index (χ1) is 35.0. The van der Waals surface area contributed by atoms with Crippen LogP contribution in [0, 0.1) is 0 Å². The van der Waals surface area contributed by atoms with Crippen LogP contribution in [-0.2, 0) is 9.47 Å². The number of benzene rings is 6. The van der Waals surface area contributed by atoms with E-state index in [-0.39, 0.29) is 39.9 Å². The maximum absolute atomic E-state index is 12.0. The summed E-state index contributed by atoms with van der Waals surface area (Å²) in [5.74, 6) is -3.50. The van der Waals surface area contributed by atoms with Gasteiger partial charge in [-0.3, -0.25) is 0 Å². The number of hydrogen-bond acceptors (Lipinski definition) is 19. The minimum Gasteiger partial charge on any atom is -0.508 e. The lowest BCUT2D eigenvalue weighted by Crippen LogP contribution is -2.55. The Kier molecular flexibility index (Phi) is 13.1. The van der Waals surface area contributed by atoms with E-state index in [1.54, 1.807) is 54.6 Å². The van der Waals surface area contributed by atoms with Crippen molar-refractivity contribution in [2.45, 2.75) is 85.1 Å². The minimum atomic E-state index is -1.84. The van der Waals surface area contributed by atoms with Crippen LogP contribution >= 0.6 is 0 Å². The standard InChI is InChI=1S/C54H52O19/c55-20-37-44(64)46(66)48(68)53(71-37)42-33(61)17-27(18-34(42)62)39-32-13-22(2-12-36(32)70-50(39)23-4-8-28(57)9-5-23)1-3-25-16-35(63)43(54-49(69)47(67)45(65)38(21-56)72-54)52-40(25)41(26-14-30(59)19-31(60)15-26)51(73-52)24-6-10-29(58)11-7-24/h1-19,37-39,41,44-51,53-69H,20-21H2/t37-,38-,39+,41-,44-,45-,46+,47+,48-,49-,50-,51+,53+,54+/m1/s1. The lowest BCUT2D eigenvalue weighted by Gasteiger charge is -2.40. The average molecular weight is 1000 g/mol. The molecule has 0 unspecified atom stereocenters. The van der Waals surface area contributed by atoms with E-state index in [4.69, 9.17) is 18.9 Å². The number of phenols is 7. The van der Waals surface area contributed by atoms with Crippen LogP contribution < -0.4 is 9.47 Å². The van der Waals surface area contributed by atoms with Gasteiger partial charge in [0, 0.05) is 17.2 Å². The van der Waals surface area contributed by atoms with E-state index < -0.39 is 116 Å². The molecular formula is C54H52O19. The molecule has 14 atom stereocenters. The first-order valence-corrected chi connectivity index (χ1v) is 23.3. The maximum Gasteiger partial charge on any atom is 0.135 e. The van der Waals surface area contributed by atoms with Gasteiger partial charge in [-0.15, -0.1) is 0 Å². The number of phenolic OH excluding ortho intramolecular Hbond substituents is 7. The van der Waals surface area contributed by atoms with E-state index in [9.17, 15) is 76.6 Å². The van der Waals surface area contributed by atoms with Crippen molar-refractivity contribution in [2.24, 2.45) is 0 Å². The van der Waals surface area contributed by atoms with Crippen molar-refractivity contribution in [2.75, 3.05) is 13.2 Å². The Labute approximate surface area is 415 Å². The molecule has 15 N–H and O–H groups in total. The predicted octanol–water partition coefficient (Wildman–Crippen LogP) is 3.36.